The van der Waals surface area contributed by atoms with Gasteiger partial charge in [0.2, 0.25) is 0 Å². The Hall–Kier alpha value is -2.41. The van der Waals surface area contributed by atoms with Gasteiger partial charge in [-0.1, -0.05) is 6.92 Å². The van der Waals surface area contributed by atoms with Gasteiger partial charge in [0.25, 0.3) is 5.91 Å². The van der Waals surface area contributed by atoms with Gasteiger partial charge in [0.15, 0.2) is 0 Å². The SMILES string of the molecule is CC1CCN(c2cc(C(=O)NC[C@@H]3CCCO[C@H]3c3ccnn3C)ccn2)C1. The second kappa shape index (κ2) is 8.31. The molecule has 28 heavy (non-hydrogen) atoms. The normalized spacial score (nSPS) is 25.1. The van der Waals surface area contributed by atoms with E-state index in [0.29, 0.717) is 18.0 Å². The van der Waals surface area contributed by atoms with Crippen LogP contribution in [0.4, 0.5) is 5.82 Å². The Bertz CT molecular complexity index is 821. The van der Waals surface area contributed by atoms with Gasteiger partial charge in [0, 0.05) is 57.2 Å². The maximum absolute atomic E-state index is 12.8. The van der Waals surface area contributed by atoms with Crippen molar-refractivity contribution >= 4 is 11.7 Å². The van der Waals surface area contributed by atoms with Crippen LogP contribution >= 0.6 is 0 Å². The highest BCUT2D eigenvalue weighted by Gasteiger charge is 2.30. The monoisotopic (exact) mass is 383 g/mol. The van der Waals surface area contributed by atoms with Gasteiger partial charge >= 0.3 is 0 Å². The van der Waals surface area contributed by atoms with Crippen LogP contribution in [-0.2, 0) is 11.8 Å². The molecule has 2 aromatic heterocycles. The lowest BCUT2D eigenvalue weighted by Crippen LogP contribution is -2.35. The summed E-state index contributed by atoms with van der Waals surface area (Å²) in [6, 6.07) is 5.69. The standard InChI is InChI=1S/C21H29N5O2/c1-15-7-10-26(14-15)19-12-16(5-8-22-19)21(27)23-13-17-4-3-11-28-20(17)18-6-9-24-25(18)2/h5-6,8-9,12,15,17,20H,3-4,7,10-11,13-14H2,1-2H3,(H,23,27)/t15?,17-,20+/m0/s1. The van der Waals surface area contributed by atoms with Crippen molar-refractivity contribution in [2.45, 2.75) is 32.3 Å². The molecule has 1 N–H and O–H groups in total. The highest BCUT2D eigenvalue weighted by Crippen LogP contribution is 2.33. The lowest BCUT2D eigenvalue weighted by Gasteiger charge is -2.32. The number of carbonyl (C=O) groups is 1. The first-order valence-corrected chi connectivity index (χ1v) is 10.2. The van der Waals surface area contributed by atoms with E-state index >= 15 is 0 Å². The number of hydrogen-bond donors (Lipinski definition) is 1. The van der Waals surface area contributed by atoms with Crippen molar-refractivity contribution in [1.29, 1.82) is 0 Å². The summed E-state index contributed by atoms with van der Waals surface area (Å²) in [6.07, 6.45) is 6.72. The number of pyridine rings is 1. The zero-order valence-electron chi connectivity index (χ0n) is 16.7. The van der Waals surface area contributed by atoms with Gasteiger partial charge in [-0.25, -0.2) is 4.98 Å². The molecule has 4 heterocycles. The highest BCUT2D eigenvalue weighted by molar-refractivity contribution is 5.94. The molecule has 1 amide bonds. The third kappa shape index (κ3) is 4.04. The molecule has 0 spiro atoms. The van der Waals surface area contributed by atoms with Crippen LogP contribution in [0.2, 0.25) is 0 Å². The number of nitrogens with one attached hydrogen (secondary N) is 1. The number of aryl methyl sites for hydroxylation is 1. The zero-order valence-corrected chi connectivity index (χ0v) is 16.7. The Balaban J connectivity index is 1.40. The van der Waals surface area contributed by atoms with E-state index in [9.17, 15) is 4.79 Å². The third-order valence-electron chi connectivity index (χ3n) is 5.88. The van der Waals surface area contributed by atoms with Gasteiger partial charge in [0.05, 0.1) is 5.69 Å². The van der Waals surface area contributed by atoms with Crippen molar-refractivity contribution in [2.24, 2.45) is 18.9 Å². The number of ether oxygens (including phenoxy) is 1. The molecular formula is C21H29N5O2. The van der Waals surface area contributed by atoms with Gasteiger partial charge in [-0.05, 0) is 43.4 Å². The lowest BCUT2D eigenvalue weighted by molar-refractivity contribution is -0.0317. The number of carbonyl (C=O) groups excluding carboxylic acids is 1. The number of hydrogen-bond acceptors (Lipinski definition) is 5. The first kappa shape index (κ1) is 18.9. The van der Waals surface area contributed by atoms with Crippen molar-refractivity contribution in [1.82, 2.24) is 20.1 Å². The molecule has 1 unspecified atom stereocenters. The van der Waals surface area contributed by atoms with Crippen LogP contribution in [0.15, 0.2) is 30.6 Å². The number of anilines is 1. The Morgan fingerprint density at radius 2 is 2.21 bits per heavy atom. The molecule has 7 heteroatoms. The summed E-state index contributed by atoms with van der Waals surface area (Å²) in [7, 11) is 1.93. The van der Waals surface area contributed by atoms with Crippen LogP contribution in [-0.4, -0.2) is 46.9 Å². The third-order valence-corrected chi connectivity index (χ3v) is 5.88. The van der Waals surface area contributed by atoms with Crippen molar-refractivity contribution in [3.8, 4) is 0 Å². The Kier molecular flexibility index (Phi) is 5.62. The fourth-order valence-corrected chi connectivity index (χ4v) is 4.24. The summed E-state index contributed by atoms with van der Waals surface area (Å²) in [5.41, 5.74) is 1.73. The summed E-state index contributed by atoms with van der Waals surface area (Å²) >= 11 is 0. The zero-order chi connectivity index (χ0) is 19.5. The summed E-state index contributed by atoms with van der Waals surface area (Å²) in [6.45, 7) is 5.60. The number of amides is 1. The molecular weight excluding hydrogens is 354 g/mol. The topological polar surface area (TPSA) is 72.3 Å². The van der Waals surface area contributed by atoms with Gasteiger partial charge < -0.3 is 15.0 Å². The van der Waals surface area contributed by atoms with Crippen LogP contribution in [0.5, 0.6) is 0 Å². The second-order valence-corrected chi connectivity index (χ2v) is 8.03. The molecule has 0 radical (unpaired) electrons. The van der Waals surface area contributed by atoms with Gasteiger partial charge in [-0.15, -0.1) is 0 Å². The predicted molar refractivity (Wildman–Crippen MR) is 107 cm³/mol. The minimum Gasteiger partial charge on any atom is -0.372 e. The van der Waals surface area contributed by atoms with Gasteiger partial charge in [-0.3, -0.25) is 9.48 Å². The van der Waals surface area contributed by atoms with E-state index in [0.717, 1.165) is 44.0 Å². The molecule has 0 bridgehead atoms. The van der Waals surface area contributed by atoms with Crippen LogP contribution in [0, 0.1) is 11.8 Å². The molecule has 2 fully saturated rings. The number of nitrogens with zero attached hydrogens (tertiary/aromatic N) is 4. The fourth-order valence-electron chi connectivity index (χ4n) is 4.24. The van der Waals surface area contributed by atoms with Gasteiger partial charge in [-0.2, -0.15) is 5.10 Å². The van der Waals surface area contributed by atoms with Crippen LogP contribution in [0.25, 0.3) is 0 Å². The van der Waals surface area contributed by atoms with E-state index in [1.165, 1.54) is 6.42 Å². The lowest BCUT2D eigenvalue weighted by atomic mass is 9.92. The Morgan fingerprint density at radius 3 is 2.96 bits per heavy atom. The van der Waals surface area contributed by atoms with Crippen molar-refractivity contribution < 1.29 is 9.53 Å². The van der Waals surface area contributed by atoms with E-state index in [1.54, 1.807) is 18.5 Å². The predicted octanol–water partition coefficient (Wildman–Crippen LogP) is 2.56. The maximum Gasteiger partial charge on any atom is 0.251 e. The molecule has 2 saturated heterocycles. The average Bonchev–Trinajstić information content (AvgIpc) is 3.34. The molecule has 2 aliphatic heterocycles. The molecule has 0 aliphatic carbocycles. The van der Waals surface area contributed by atoms with E-state index in [2.05, 4.69) is 27.2 Å². The molecule has 3 atom stereocenters. The average molecular weight is 383 g/mol. The summed E-state index contributed by atoms with van der Waals surface area (Å²) in [5.74, 6) is 1.76. The molecule has 0 saturated carbocycles. The van der Waals surface area contributed by atoms with Crippen LogP contribution in [0.3, 0.4) is 0 Å². The maximum atomic E-state index is 12.8. The van der Waals surface area contributed by atoms with Crippen molar-refractivity contribution in [2.75, 3.05) is 31.1 Å². The first-order chi connectivity index (χ1) is 13.6. The van der Waals surface area contributed by atoms with E-state index in [4.69, 9.17) is 4.74 Å². The quantitative estimate of drug-likeness (QED) is 0.859. The summed E-state index contributed by atoms with van der Waals surface area (Å²) in [5, 5.41) is 7.37. The highest BCUT2D eigenvalue weighted by atomic mass is 16.5. The van der Waals surface area contributed by atoms with Crippen molar-refractivity contribution in [3.05, 3.63) is 41.9 Å². The van der Waals surface area contributed by atoms with Crippen LogP contribution < -0.4 is 10.2 Å². The van der Waals surface area contributed by atoms with E-state index in [-0.39, 0.29) is 17.9 Å². The van der Waals surface area contributed by atoms with Crippen LogP contribution in [0.1, 0.15) is 48.3 Å². The minimum atomic E-state index is -0.0507. The molecule has 7 nitrogen and oxygen atoms in total. The fraction of sp³-hybridized carbons (Fsp3) is 0.571. The van der Waals surface area contributed by atoms with E-state index in [1.807, 2.05) is 23.9 Å². The summed E-state index contributed by atoms with van der Waals surface area (Å²) < 4.78 is 7.88. The first-order valence-electron chi connectivity index (χ1n) is 10.2. The molecule has 150 valence electrons. The smallest absolute Gasteiger partial charge is 0.251 e. The Labute approximate surface area is 166 Å². The molecule has 2 aromatic rings. The second-order valence-electron chi connectivity index (χ2n) is 8.03. The largest absolute Gasteiger partial charge is 0.372 e. The molecule has 0 aromatic carbocycles. The van der Waals surface area contributed by atoms with E-state index < -0.39 is 0 Å². The summed E-state index contributed by atoms with van der Waals surface area (Å²) in [4.78, 5) is 19.5. The number of aromatic nitrogens is 3. The minimum absolute atomic E-state index is 0.0272. The van der Waals surface area contributed by atoms with Gasteiger partial charge in [0.1, 0.15) is 11.9 Å². The Morgan fingerprint density at radius 1 is 1.32 bits per heavy atom. The van der Waals surface area contributed by atoms with Crippen molar-refractivity contribution in [3.63, 3.8) is 0 Å². The molecule has 4 rings (SSSR count). The molecule has 2 aliphatic rings. The number of rotatable bonds is 5.